The molecular formula is C26H23ClFN3O2. The van der Waals surface area contributed by atoms with E-state index in [1.807, 2.05) is 4.90 Å². The summed E-state index contributed by atoms with van der Waals surface area (Å²) in [6.07, 6.45) is 2.13. The average Bonchev–Trinajstić information content (AvgIpc) is 3.36. The number of Topliss-reactive ketones (excluding diaryl/α,β-unsaturated/α-hetero) is 1. The van der Waals surface area contributed by atoms with Gasteiger partial charge < -0.3 is 10.2 Å². The highest BCUT2D eigenvalue weighted by molar-refractivity contribution is 6.30. The van der Waals surface area contributed by atoms with Crippen molar-refractivity contribution in [2.75, 3.05) is 18.4 Å². The van der Waals surface area contributed by atoms with E-state index in [1.54, 1.807) is 48.5 Å². The minimum Gasteiger partial charge on any atom is -0.357 e. The molecule has 0 unspecified atom stereocenters. The molecule has 0 radical (unpaired) electrons. The fourth-order valence-corrected chi connectivity index (χ4v) is 3.98. The van der Waals surface area contributed by atoms with Gasteiger partial charge in [0.1, 0.15) is 11.7 Å². The number of rotatable bonds is 6. The lowest BCUT2D eigenvalue weighted by atomic mass is 9.97. The highest BCUT2D eigenvalue weighted by Crippen LogP contribution is 2.20. The molecule has 1 saturated heterocycles. The van der Waals surface area contributed by atoms with Crippen molar-refractivity contribution >= 4 is 34.8 Å². The smallest absolute Gasteiger partial charge is 0.256 e. The first-order chi connectivity index (χ1) is 15.9. The van der Waals surface area contributed by atoms with Crippen LogP contribution in [0.1, 0.15) is 44.7 Å². The van der Waals surface area contributed by atoms with E-state index in [2.05, 4.69) is 5.32 Å². The first kappa shape index (κ1) is 22.7. The van der Waals surface area contributed by atoms with Crippen molar-refractivity contribution < 1.29 is 14.0 Å². The summed E-state index contributed by atoms with van der Waals surface area (Å²) < 4.78 is 13.9. The third kappa shape index (κ3) is 5.46. The summed E-state index contributed by atoms with van der Waals surface area (Å²) in [6, 6.07) is 17.3. The van der Waals surface area contributed by atoms with Crippen LogP contribution < -0.4 is 5.32 Å². The number of nitrogens with zero attached hydrogens (tertiary/aromatic N) is 1. The number of anilines is 1. The van der Waals surface area contributed by atoms with Crippen molar-refractivity contribution in [1.82, 2.24) is 4.90 Å². The van der Waals surface area contributed by atoms with Crippen molar-refractivity contribution in [3.8, 4) is 0 Å². The average molecular weight is 464 g/mol. The first-order valence-electron chi connectivity index (χ1n) is 10.7. The molecule has 2 N–H and O–H groups in total. The maximum atomic E-state index is 13.9. The lowest BCUT2D eigenvalue weighted by Gasteiger charge is -2.18. The second-order valence-electron chi connectivity index (χ2n) is 7.98. The van der Waals surface area contributed by atoms with E-state index in [-0.39, 0.29) is 17.8 Å². The first-order valence-corrected chi connectivity index (χ1v) is 11.1. The molecule has 0 aromatic heterocycles. The molecule has 3 aromatic carbocycles. The molecule has 33 heavy (non-hydrogen) atoms. The van der Waals surface area contributed by atoms with Gasteiger partial charge in [0.25, 0.3) is 5.91 Å². The van der Waals surface area contributed by atoms with Crippen LogP contribution in [0.15, 0.2) is 66.7 Å². The van der Waals surface area contributed by atoms with Gasteiger partial charge in [-0.3, -0.25) is 15.0 Å². The van der Waals surface area contributed by atoms with Gasteiger partial charge in [-0.1, -0.05) is 41.9 Å². The fourth-order valence-electron chi connectivity index (χ4n) is 3.86. The van der Waals surface area contributed by atoms with E-state index >= 15 is 0 Å². The quantitative estimate of drug-likeness (QED) is 0.285. The molecule has 1 amide bonds. The van der Waals surface area contributed by atoms with Gasteiger partial charge in [-0.25, -0.2) is 4.39 Å². The molecule has 1 fully saturated rings. The van der Waals surface area contributed by atoms with Crippen LogP contribution >= 0.6 is 11.6 Å². The van der Waals surface area contributed by atoms with Gasteiger partial charge >= 0.3 is 0 Å². The molecule has 0 bridgehead atoms. The summed E-state index contributed by atoms with van der Waals surface area (Å²) in [7, 11) is 0. The van der Waals surface area contributed by atoms with E-state index < -0.39 is 11.7 Å². The van der Waals surface area contributed by atoms with E-state index in [4.69, 9.17) is 17.0 Å². The number of halogens is 2. The standard InChI is InChI=1S/C26H23ClFN3O2/c27-20-8-11-22(12-9-20)30-26(33)23-16-21(28)10-7-19(23)15-24(32)17-3-5-18(6-4-17)25(29)31-13-1-2-14-31/h3-12,16,29H,1-2,13-15H2,(H,30,33). The normalized spacial score (nSPS) is 13.1. The Morgan fingerprint density at radius 1 is 0.939 bits per heavy atom. The summed E-state index contributed by atoms with van der Waals surface area (Å²) in [5, 5.41) is 11.6. The Balaban J connectivity index is 1.49. The second-order valence-corrected chi connectivity index (χ2v) is 8.42. The summed E-state index contributed by atoms with van der Waals surface area (Å²) >= 11 is 5.87. The minimum atomic E-state index is -0.558. The number of hydrogen-bond donors (Lipinski definition) is 2. The van der Waals surface area contributed by atoms with Crippen LogP contribution in [-0.2, 0) is 6.42 Å². The van der Waals surface area contributed by atoms with E-state index in [0.717, 1.165) is 37.6 Å². The van der Waals surface area contributed by atoms with Gasteiger partial charge in [0.05, 0.1) is 0 Å². The number of likely N-dealkylation sites (tertiary alicyclic amines) is 1. The highest BCUT2D eigenvalue weighted by atomic mass is 35.5. The molecule has 0 atom stereocenters. The molecule has 5 nitrogen and oxygen atoms in total. The third-order valence-electron chi connectivity index (χ3n) is 5.67. The van der Waals surface area contributed by atoms with Crippen molar-refractivity contribution in [3.05, 3.63) is 99.8 Å². The Morgan fingerprint density at radius 3 is 2.24 bits per heavy atom. The van der Waals surface area contributed by atoms with Crippen molar-refractivity contribution in [1.29, 1.82) is 5.41 Å². The Morgan fingerprint density at radius 2 is 1.58 bits per heavy atom. The summed E-state index contributed by atoms with van der Waals surface area (Å²) in [4.78, 5) is 27.7. The van der Waals surface area contributed by atoms with Crippen molar-refractivity contribution in [2.24, 2.45) is 0 Å². The topological polar surface area (TPSA) is 73.3 Å². The second kappa shape index (κ2) is 9.96. The lowest BCUT2D eigenvalue weighted by Crippen LogP contribution is -2.27. The Bertz CT molecular complexity index is 1190. The van der Waals surface area contributed by atoms with Gasteiger partial charge in [-0.15, -0.1) is 0 Å². The van der Waals surface area contributed by atoms with Gasteiger partial charge in [0.15, 0.2) is 5.78 Å². The Hall–Kier alpha value is -3.51. The zero-order valence-corrected chi connectivity index (χ0v) is 18.7. The van der Waals surface area contributed by atoms with Crippen LogP contribution in [0.3, 0.4) is 0 Å². The van der Waals surface area contributed by atoms with Gasteiger partial charge in [-0.2, -0.15) is 0 Å². The molecule has 0 saturated carbocycles. The van der Waals surface area contributed by atoms with Gasteiger partial charge in [0.2, 0.25) is 0 Å². The van der Waals surface area contributed by atoms with Gasteiger partial charge in [0, 0.05) is 46.9 Å². The molecule has 4 rings (SSSR count). The van der Waals surface area contributed by atoms with E-state index in [9.17, 15) is 14.0 Å². The summed E-state index contributed by atoms with van der Waals surface area (Å²) in [5.74, 6) is -0.793. The molecule has 1 aliphatic rings. The van der Waals surface area contributed by atoms with Crippen molar-refractivity contribution in [2.45, 2.75) is 19.3 Å². The minimum absolute atomic E-state index is 0.0490. The maximum absolute atomic E-state index is 13.9. The van der Waals surface area contributed by atoms with E-state index in [1.165, 1.54) is 12.1 Å². The number of amides is 1. The monoisotopic (exact) mass is 463 g/mol. The van der Waals surface area contributed by atoms with Crippen LogP contribution in [0.2, 0.25) is 5.02 Å². The fraction of sp³-hybridized carbons (Fsp3) is 0.192. The summed E-state index contributed by atoms with van der Waals surface area (Å²) in [5.41, 5.74) is 2.29. The molecule has 1 heterocycles. The number of carbonyl (C=O) groups excluding carboxylic acids is 2. The molecule has 1 aliphatic heterocycles. The number of hydrogen-bond acceptors (Lipinski definition) is 3. The number of ketones is 1. The zero-order valence-electron chi connectivity index (χ0n) is 17.9. The Labute approximate surface area is 196 Å². The number of benzene rings is 3. The summed E-state index contributed by atoms with van der Waals surface area (Å²) in [6.45, 7) is 1.76. The Kier molecular flexibility index (Phi) is 6.84. The SMILES string of the molecule is N=C(c1ccc(C(=O)Cc2ccc(F)cc2C(=O)Nc2ccc(Cl)cc2)cc1)N1CCCC1. The predicted molar refractivity (Wildman–Crippen MR) is 128 cm³/mol. The maximum Gasteiger partial charge on any atom is 0.256 e. The number of carbonyl (C=O) groups is 2. The molecule has 168 valence electrons. The van der Waals surface area contributed by atoms with Gasteiger partial charge in [-0.05, 0) is 54.8 Å². The number of nitrogens with one attached hydrogen (secondary N) is 2. The highest BCUT2D eigenvalue weighted by Gasteiger charge is 2.19. The van der Waals surface area contributed by atoms with Crippen LogP contribution in [0.5, 0.6) is 0 Å². The molecule has 7 heteroatoms. The molecule has 3 aromatic rings. The van der Waals surface area contributed by atoms with Crippen LogP contribution in [0.25, 0.3) is 0 Å². The molecule has 0 aliphatic carbocycles. The number of amidine groups is 1. The predicted octanol–water partition coefficient (Wildman–Crippen LogP) is 5.58. The molecule has 0 spiro atoms. The van der Waals surface area contributed by atoms with Crippen LogP contribution in [0, 0.1) is 11.2 Å². The van der Waals surface area contributed by atoms with Crippen LogP contribution in [0.4, 0.5) is 10.1 Å². The van der Waals surface area contributed by atoms with Crippen molar-refractivity contribution in [3.63, 3.8) is 0 Å². The third-order valence-corrected chi connectivity index (χ3v) is 5.92. The van der Waals surface area contributed by atoms with E-state index in [0.29, 0.717) is 27.7 Å². The zero-order chi connectivity index (χ0) is 23.4. The largest absolute Gasteiger partial charge is 0.357 e. The molecular weight excluding hydrogens is 441 g/mol. The lowest BCUT2D eigenvalue weighted by molar-refractivity contribution is 0.0992. The van der Waals surface area contributed by atoms with Crippen LogP contribution in [-0.4, -0.2) is 35.5 Å².